The van der Waals surface area contributed by atoms with E-state index in [-0.39, 0.29) is 11.8 Å². The molecule has 0 saturated carbocycles. The van der Waals surface area contributed by atoms with Gasteiger partial charge >= 0.3 is 11.8 Å². The van der Waals surface area contributed by atoms with Gasteiger partial charge in [0, 0.05) is 19.0 Å². The number of carbonyl (C=O) groups is 1. The van der Waals surface area contributed by atoms with Gasteiger partial charge in [-0.25, -0.2) is 4.98 Å². The second kappa shape index (κ2) is 7.82. The Morgan fingerprint density at radius 1 is 1.42 bits per heavy atom. The minimum atomic E-state index is -0.291. The summed E-state index contributed by atoms with van der Waals surface area (Å²) in [4.78, 5) is 20.9. The summed E-state index contributed by atoms with van der Waals surface area (Å²) in [6, 6.07) is 0. The minimum absolute atomic E-state index is 0.0107. The third kappa shape index (κ3) is 4.16. The minimum Gasteiger partial charge on any atom is -0.415 e. The Balaban J connectivity index is 1.56. The molecule has 130 valence electrons. The molecule has 0 spiro atoms. The van der Waals surface area contributed by atoms with Crippen LogP contribution >= 0.6 is 11.3 Å². The molecule has 1 saturated heterocycles. The molecule has 24 heavy (non-hydrogen) atoms. The molecular weight excluding hydrogens is 328 g/mol. The zero-order valence-corrected chi connectivity index (χ0v) is 14.8. The fourth-order valence-corrected chi connectivity index (χ4v) is 3.50. The van der Waals surface area contributed by atoms with Gasteiger partial charge in [-0.2, -0.15) is 0 Å². The van der Waals surface area contributed by atoms with Gasteiger partial charge in [0.15, 0.2) is 0 Å². The van der Waals surface area contributed by atoms with E-state index in [1.165, 1.54) is 12.8 Å². The molecule has 2 aromatic rings. The van der Waals surface area contributed by atoms with E-state index < -0.39 is 0 Å². The van der Waals surface area contributed by atoms with E-state index >= 15 is 0 Å². The first-order valence-corrected chi connectivity index (χ1v) is 8.91. The molecule has 9 heteroatoms. The van der Waals surface area contributed by atoms with Crippen molar-refractivity contribution in [3.63, 3.8) is 0 Å². The van der Waals surface area contributed by atoms with Crippen molar-refractivity contribution >= 4 is 17.2 Å². The van der Waals surface area contributed by atoms with E-state index in [1.54, 1.807) is 30.3 Å². The predicted molar refractivity (Wildman–Crippen MR) is 89.5 cm³/mol. The molecule has 0 bridgehead atoms. The summed E-state index contributed by atoms with van der Waals surface area (Å²) in [5.74, 6) is 0.120. The zero-order valence-electron chi connectivity index (χ0n) is 14.0. The first kappa shape index (κ1) is 17.0. The Bertz CT molecular complexity index is 679. The van der Waals surface area contributed by atoms with Gasteiger partial charge in [0.25, 0.3) is 0 Å². The maximum absolute atomic E-state index is 12.3. The van der Waals surface area contributed by atoms with Crippen molar-refractivity contribution < 1.29 is 9.21 Å². The van der Waals surface area contributed by atoms with Crippen LogP contribution in [0.4, 0.5) is 0 Å². The molecule has 3 heterocycles. The first-order chi connectivity index (χ1) is 11.7. The summed E-state index contributed by atoms with van der Waals surface area (Å²) in [5, 5.41) is 13.5. The summed E-state index contributed by atoms with van der Waals surface area (Å²) in [6.07, 6.45) is 2.54. The highest BCUT2D eigenvalue weighted by Crippen LogP contribution is 2.17. The van der Waals surface area contributed by atoms with Gasteiger partial charge in [-0.05, 0) is 33.0 Å². The number of aromatic nitrogens is 3. The van der Waals surface area contributed by atoms with Crippen LogP contribution in [-0.2, 0) is 19.6 Å². The van der Waals surface area contributed by atoms with E-state index in [1.807, 2.05) is 0 Å². The molecule has 1 aliphatic rings. The van der Waals surface area contributed by atoms with Crippen molar-refractivity contribution in [2.75, 3.05) is 27.2 Å². The molecule has 1 aliphatic heterocycles. The van der Waals surface area contributed by atoms with E-state index in [0.717, 1.165) is 30.3 Å². The molecule has 1 N–H and O–H groups in total. The van der Waals surface area contributed by atoms with Crippen molar-refractivity contribution in [1.29, 1.82) is 0 Å². The molecule has 1 amide bonds. The SMILES string of the molecule is CNCc1nnc(C(=O)N(C)Cc2nc(CN3CCCC3)cs2)o1. The normalized spacial score (nSPS) is 15.1. The van der Waals surface area contributed by atoms with Crippen molar-refractivity contribution in [2.24, 2.45) is 0 Å². The molecule has 3 rings (SSSR count). The van der Waals surface area contributed by atoms with Gasteiger partial charge in [0.05, 0.1) is 18.8 Å². The number of amides is 1. The number of hydrogen-bond donors (Lipinski definition) is 1. The third-order valence-corrected chi connectivity index (χ3v) is 4.76. The lowest BCUT2D eigenvalue weighted by molar-refractivity contribution is 0.0743. The maximum atomic E-state index is 12.3. The Morgan fingerprint density at radius 3 is 2.96 bits per heavy atom. The Kier molecular flexibility index (Phi) is 5.54. The van der Waals surface area contributed by atoms with Crippen molar-refractivity contribution in [3.8, 4) is 0 Å². The second-order valence-corrected chi connectivity index (χ2v) is 6.85. The van der Waals surface area contributed by atoms with Gasteiger partial charge in [0.2, 0.25) is 5.89 Å². The molecule has 0 radical (unpaired) electrons. The molecule has 8 nitrogen and oxygen atoms in total. The molecule has 1 fully saturated rings. The topological polar surface area (TPSA) is 87.4 Å². The summed E-state index contributed by atoms with van der Waals surface area (Å²) < 4.78 is 5.34. The largest absolute Gasteiger partial charge is 0.415 e. The number of thiazole rings is 1. The fourth-order valence-electron chi connectivity index (χ4n) is 2.66. The lowest BCUT2D eigenvalue weighted by atomic mass is 10.4. The van der Waals surface area contributed by atoms with Gasteiger partial charge in [-0.15, -0.1) is 21.5 Å². The second-order valence-electron chi connectivity index (χ2n) is 5.91. The Hall–Kier alpha value is -1.84. The summed E-state index contributed by atoms with van der Waals surface area (Å²) in [5.41, 5.74) is 1.08. The zero-order chi connectivity index (χ0) is 16.9. The van der Waals surface area contributed by atoms with Gasteiger partial charge in [-0.3, -0.25) is 9.69 Å². The number of nitrogens with zero attached hydrogens (tertiary/aromatic N) is 5. The van der Waals surface area contributed by atoms with Crippen molar-refractivity contribution in [3.05, 3.63) is 27.9 Å². The van der Waals surface area contributed by atoms with E-state index in [9.17, 15) is 4.79 Å². The molecule has 2 aromatic heterocycles. The van der Waals surface area contributed by atoms with Crippen LogP contribution in [0.25, 0.3) is 0 Å². The van der Waals surface area contributed by atoms with Crippen LogP contribution < -0.4 is 5.32 Å². The highest BCUT2D eigenvalue weighted by Gasteiger charge is 2.20. The van der Waals surface area contributed by atoms with Crippen LogP contribution in [0.1, 0.15) is 40.1 Å². The highest BCUT2D eigenvalue weighted by molar-refractivity contribution is 7.09. The molecule has 0 atom stereocenters. The highest BCUT2D eigenvalue weighted by atomic mass is 32.1. The monoisotopic (exact) mass is 350 g/mol. The Labute approximate surface area is 144 Å². The van der Waals surface area contributed by atoms with E-state index in [4.69, 9.17) is 4.42 Å². The summed E-state index contributed by atoms with van der Waals surface area (Å²) >= 11 is 1.58. The summed E-state index contributed by atoms with van der Waals surface area (Å²) in [6.45, 7) is 4.07. The van der Waals surface area contributed by atoms with Crippen LogP contribution in [0, 0.1) is 0 Å². The smallest absolute Gasteiger partial charge is 0.311 e. The average molecular weight is 350 g/mol. The maximum Gasteiger partial charge on any atom is 0.311 e. The fraction of sp³-hybridized carbons (Fsp3) is 0.600. The number of likely N-dealkylation sites (tertiary alicyclic amines) is 1. The average Bonchev–Trinajstić information content (AvgIpc) is 3.30. The van der Waals surface area contributed by atoms with Crippen LogP contribution in [-0.4, -0.2) is 58.1 Å². The number of carbonyl (C=O) groups excluding carboxylic acids is 1. The van der Waals surface area contributed by atoms with Crippen LogP contribution in [0.3, 0.4) is 0 Å². The lowest BCUT2D eigenvalue weighted by Crippen LogP contribution is -2.26. The number of hydrogen-bond acceptors (Lipinski definition) is 8. The van der Waals surface area contributed by atoms with Gasteiger partial charge < -0.3 is 14.6 Å². The van der Waals surface area contributed by atoms with Crippen LogP contribution in [0.5, 0.6) is 0 Å². The van der Waals surface area contributed by atoms with E-state index in [2.05, 4.69) is 30.8 Å². The quantitative estimate of drug-likeness (QED) is 0.800. The van der Waals surface area contributed by atoms with Crippen LogP contribution in [0.15, 0.2) is 9.80 Å². The third-order valence-electron chi connectivity index (χ3n) is 3.88. The number of rotatable bonds is 7. The number of nitrogens with one attached hydrogen (secondary N) is 1. The summed E-state index contributed by atoms with van der Waals surface area (Å²) in [7, 11) is 3.49. The van der Waals surface area contributed by atoms with Gasteiger partial charge in [0.1, 0.15) is 5.01 Å². The predicted octanol–water partition coefficient (Wildman–Crippen LogP) is 1.11. The van der Waals surface area contributed by atoms with Gasteiger partial charge in [-0.1, -0.05) is 0 Å². The lowest BCUT2D eigenvalue weighted by Gasteiger charge is -2.13. The van der Waals surface area contributed by atoms with Crippen molar-refractivity contribution in [1.82, 2.24) is 30.3 Å². The molecule has 0 aromatic carbocycles. The Morgan fingerprint density at radius 2 is 2.21 bits per heavy atom. The van der Waals surface area contributed by atoms with Crippen molar-refractivity contribution in [2.45, 2.75) is 32.5 Å². The van der Waals surface area contributed by atoms with E-state index in [0.29, 0.717) is 19.0 Å². The first-order valence-electron chi connectivity index (χ1n) is 8.04. The molecule has 0 aliphatic carbocycles. The van der Waals surface area contributed by atoms with Crippen LogP contribution in [0.2, 0.25) is 0 Å². The standard InChI is InChI=1S/C15H22N6O2S/c1-16-7-12-18-19-14(23-12)15(22)20(2)9-13-17-11(10-24-13)8-21-5-3-4-6-21/h10,16H,3-9H2,1-2H3. The molecular formula is C15H22N6O2S. The molecule has 0 unspecified atom stereocenters.